The average molecular weight is 414 g/mol. The normalized spacial score (nSPS) is 24.0. The standard InChI is InChI=1S/C24H35N3O3/c1-4-10-18(5-2)27-22(28)20-15-21-19(13-14-30-21)26(20)16-24(27,3)23(29)25-17-11-8-6-7-9-12-17/h13-15,17-18H,4-12,16H2,1-3H3,(H,25,29). The summed E-state index contributed by atoms with van der Waals surface area (Å²) >= 11 is 0. The number of fused-ring (bicyclic) bond motifs is 3. The first-order valence-corrected chi connectivity index (χ1v) is 11.7. The maximum atomic E-state index is 13.7. The van der Waals surface area contributed by atoms with Gasteiger partial charge in [-0.25, -0.2) is 0 Å². The summed E-state index contributed by atoms with van der Waals surface area (Å²) in [6.45, 7) is 6.65. The number of carbonyl (C=O) groups excluding carboxylic acids is 2. The van der Waals surface area contributed by atoms with Crippen LogP contribution >= 0.6 is 0 Å². The molecule has 2 amide bonds. The highest BCUT2D eigenvalue weighted by atomic mass is 16.3. The quantitative estimate of drug-likeness (QED) is 0.687. The summed E-state index contributed by atoms with van der Waals surface area (Å²) in [5, 5.41) is 3.34. The van der Waals surface area contributed by atoms with Crippen LogP contribution in [0, 0.1) is 0 Å². The Morgan fingerprint density at radius 2 is 2.00 bits per heavy atom. The molecule has 2 aromatic heterocycles. The molecule has 0 aromatic carbocycles. The third-order valence-electron chi connectivity index (χ3n) is 7.10. The van der Waals surface area contributed by atoms with Gasteiger partial charge in [0.1, 0.15) is 11.2 Å². The van der Waals surface area contributed by atoms with Gasteiger partial charge < -0.3 is 19.2 Å². The minimum Gasteiger partial charge on any atom is -0.463 e. The molecule has 6 heteroatoms. The van der Waals surface area contributed by atoms with E-state index in [4.69, 9.17) is 4.42 Å². The van der Waals surface area contributed by atoms with Crippen LogP contribution in [0.15, 0.2) is 22.8 Å². The second-order valence-corrected chi connectivity index (χ2v) is 9.25. The number of aromatic nitrogens is 1. The molecular formula is C24H35N3O3. The van der Waals surface area contributed by atoms with Crippen molar-refractivity contribution in [1.82, 2.24) is 14.8 Å². The average Bonchev–Trinajstić information content (AvgIpc) is 3.22. The SMILES string of the molecule is CCCC(CC)N1C(=O)c2cc3occc3n2CC1(C)C(=O)NC1CCCCCC1. The smallest absolute Gasteiger partial charge is 0.271 e. The Morgan fingerprint density at radius 3 is 2.67 bits per heavy atom. The molecule has 4 rings (SSSR count). The summed E-state index contributed by atoms with van der Waals surface area (Å²) < 4.78 is 7.54. The molecule has 164 valence electrons. The van der Waals surface area contributed by atoms with Crippen LogP contribution in [0.1, 0.15) is 89.0 Å². The molecule has 1 aliphatic heterocycles. The molecule has 2 atom stereocenters. The van der Waals surface area contributed by atoms with E-state index < -0.39 is 5.54 Å². The van der Waals surface area contributed by atoms with Crippen molar-refractivity contribution in [3.63, 3.8) is 0 Å². The van der Waals surface area contributed by atoms with E-state index in [2.05, 4.69) is 19.2 Å². The zero-order chi connectivity index (χ0) is 21.3. The largest absolute Gasteiger partial charge is 0.463 e. The van der Waals surface area contributed by atoms with E-state index >= 15 is 0 Å². The van der Waals surface area contributed by atoms with Crippen molar-refractivity contribution < 1.29 is 14.0 Å². The van der Waals surface area contributed by atoms with Crippen molar-refractivity contribution in [1.29, 1.82) is 0 Å². The highest BCUT2D eigenvalue weighted by molar-refractivity contribution is 6.03. The molecule has 0 spiro atoms. The third-order valence-corrected chi connectivity index (χ3v) is 7.10. The Bertz CT molecular complexity index is 906. The second-order valence-electron chi connectivity index (χ2n) is 9.25. The Morgan fingerprint density at radius 1 is 1.27 bits per heavy atom. The van der Waals surface area contributed by atoms with Crippen molar-refractivity contribution in [2.45, 2.75) is 103 Å². The number of carbonyl (C=O) groups is 2. The highest BCUT2D eigenvalue weighted by Gasteiger charge is 2.50. The molecule has 30 heavy (non-hydrogen) atoms. The monoisotopic (exact) mass is 413 g/mol. The van der Waals surface area contributed by atoms with Gasteiger partial charge >= 0.3 is 0 Å². The number of furan rings is 1. The van der Waals surface area contributed by atoms with Gasteiger partial charge in [0.25, 0.3) is 5.91 Å². The lowest BCUT2D eigenvalue weighted by atomic mass is 9.90. The van der Waals surface area contributed by atoms with E-state index in [0.29, 0.717) is 17.8 Å². The van der Waals surface area contributed by atoms with E-state index in [1.165, 1.54) is 12.8 Å². The molecule has 1 aliphatic carbocycles. The molecule has 2 unspecified atom stereocenters. The van der Waals surface area contributed by atoms with Crippen LogP contribution in [0.5, 0.6) is 0 Å². The summed E-state index contributed by atoms with van der Waals surface area (Å²) in [5.41, 5.74) is 1.29. The van der Waals surface area contributed by atoms with E-state index in [0.717, 1.165) is 50.5 Å². The molecule has 6 nitrogen and oxygen atoms in total. The van der Waals surface area contributed by atoms with Gasteiger partial charge in [-0.2, -0.15) is 0 Å². The fourth-order valence-corrected chi connectivity index (χ4v) is 5.42. The minimum absolute atomic E-state index is 0.0201. The Balaban J connectivity index is 1.72. The maximum Gasteiger partial charge on any atom is 0.271 e. The van der Waals surface area contributed by atoms with Crippen LogP contribution in [0.3, 0.4) is 0 Å². The van der Waals surface area contributed by atoms with E-state index in [-0.39, 0.29) is 23.9 Å². The van der Waals surface area contributed by atoms with Gasteiger partial charge in [0.15, 0.2) is 5.58 Å². The molecule has 0 saturated heterocycles. The lowest BCUT2D eigenvalue weighted by molar-refractivity contribution is -0.135. The zero-order valence-electron chi connectivity index (χ0n) is 18.6. The molecular weight excluding hydrogens is 378 g/mol. The summed E-state index contributed by atoms with van der Waals surface area (Å²) in [6, 6.07) is 3.96. The second kappa shape index (κ2) is 8.48. The highest BCUT2D eigenvalue weighted by Crippen LogP contribution is 2.36. The third kappa shape index (κ3) is 3.54. The molecule has 2 aliphatic rings. The topological polar surface area (TPSA) is 67.5 Å². The Hall–Kier alpha value is -2.24. The zero-order valence-corrected chi connectivity index (χ0v) is 18.6. The lowest BCUT2D eigenvalue weighted by Gasteiger charge is -2.48. The Kier molecular flexibility index (Phi) is 5.94. The number of nitrogens with zero attached hydrogens (tertiary/aromatic N) is 2. The molecule has 1 N–H and O–H groups in total. The number of hydrogen-bond acceptors (Lipinski definition) is 3. The van der Waals surface area contributed by atoms with Crippen LogP contribution in [-0.4, -0.2) is 38.9 Å². The molecule has 0 radical (unpaired) electrons. The van der Waals surface area contributed by atoms with E-state index in [1.807, 2.05) is 28.5 Å². The van der Waals surface area contributed by atoms with Crippen molar-refractivity contribution >= 4 is 22.9 Å². The lowest BCUT2D eigenvalue weighted by Crippen LogP contribution is -2.67. The minimum atomic E-state index is -0.921. The number of nitrogens with one attached hydrogen (secondary N) is 1. The molecule has 3 heterocycles. The molecule has 1 saturated carbocycles. The predicted octanol–water partition coefficient (Wildman–Crippen LogP) is 4.87. The van der Waals surface area contributed by atoms with Crippen molar-refractivity contribution in [3.8, 4) is 0 Å². The van der Waals surface area contributed by atoms with Crippen LogP contribution in [-0.2, 0) is 11.3 Å². The van der Waals surface area contributed by atoms with Gasteiger partial charge in [-0.05, 0) is 32.6 Å². The molecule has 0 bridgehead atoms. The van der Waals surface area contributed by atoms with Crippen molar-refractivity contribution in [3.05, 3.63) is 24.1 Å². The van der Waals surface area contributed by atoms with Gasteiger partial charge in [-0.15, -0.1) is 0 Å². The van der Waals surface area contributed by atoms with Crippen LogP contribution in [0.4, 0.5) is 0 Å². The first kappa shape index (κ1) is 21.0. The summed E-state index contributed by atoms with van der Waals surface area (Å²) in [6.07, 6.45) is 11.2. The first-order chi connectivity index (χ1) is 14.5. The number of rotatable bonds is 6. The van der Waals surface area contributed by atoms with Gasteiger partial charge in [0.2, 0.25) is 5.91 Å². The predicted molar refractivity (Wildman–Crippen MR) is 117 cm³/mol. The van der Waals surface area contributed by atoms with Crippen molar-refractivity contribution in [2.75, 3.05) is 0 Å². The van der Waals surface area contributed by atoms with Gasteiger partial charge in [-0.3, -0.25) is 9.59 Å². The molecule has 2 aromatic rings. The first-order valence-electron chi connectivity index (χ1n) is 11.7. The van der Waals surface area contributed by atoms with Gasteiger partial charge in [0.05, 0.1) is 18.3 Å². The van der Waals surface area contributed by atoms with Crippen LogP contribution in [0.25, 0.3) is 11.1 Å². The summed E-state index contributed by atoms with van der Waals surface area (Å²) in [5.74, 6) is -0.0836. The van der Waals surface area contributed by atoms with Crippen molar-refractivity contribution in [2.24, 2.45) is 0 Å². The number of hydrogen-bond donors (Lipinski definition) is 1. The fourth-order valence-electron chi connectivity index (χ4n) is 5.42. The maximum absolute atomic E-state index is 13.7. The fraction of sp³-hybridized carbons (Fsp3) is 0.667. The summed E-state index contributed by atoms with van der Waals surface area (Å²) in [7, 11) is 0. The Labute approximate surface area is 179 Å². The summed E-state index contributed by atoms with van der Waals surface area (Å²) in [4.78, 5) is 29.3. The van der Waals surface area contributed by atoms with Gasteiger partial charge in [-0.1, -0.05) is 46.0 Å². The van der Waals surface area contributed by atoms with Gasteiger partial charge in [0, 0.05) is 24.2 Å². The number of amides is 2. The van der Waals surface area contributed by atoms with Crippen LogP contribution < -0.4 is 5.32 Å². The molecule has 1 fully saturated rings. The van der Waals surface area contributed by atoms with E-state index in [1.54, 1.807) is 6.26 Å². The van der Waals surface area contributed by atoms with Crippen LogP contribution in [0.2, 0.25) is 0 Å². The van der Waals surface area contributed by atoms with E-state index in [9.17, 15) is 9.59 Å².